The van der Waals surface area contributed by atoms with Crippen molar-refractivity contribution in [3.63, 3.8) is 0 Å². The van der Waals surface area contributed by atoms with E-state index in [9.17, 15) is 9.00 Å². The van der Waals surface area contributed by atoms with Crippen LogP contribution in [0.3, 0.4) is 0 Å². The summed E-state index contributed by atoms with van der Waals surface area (Å²) in [4.78, 5) is 11.9. The second-order valence-electron chi connectivity index (χ2n) is 4.75. The van der Waals surface area contributed by atoms with Crippen molar-refractivity contribution in [2.75, 3.05) is 30.5 Å². The van der Waals surface area contributed by atoms with Crippen LogP contribution in [-0.2, 0) is 15.6 Å². The topological polar surface area (TPSA) is 67.4 Å². The minimum Gasteiger partial charge on any atom is -0.495 e. The van der Waals surface area contributed by atoms with Crippen molar-refractivity contribution >= 4 is 22.4 Å². The molecule has 2 N–H and O–H groups in total. The lowest BCUT2D eigenvalue weighted by atomic mass is 10.1. The zero-order chi connectivity index (χ0) is 14.4. The molecule has 0 unspecified atom stereocenters. The van der Waals surface area contributed by atoms with Crippen LogP contribution in [0.15, 0.2) is 24.3 Å². The summed E-state index contributed by atoms with van der Waals surface area (Å²) in [6.07, 6.45) is 1.74. The Morgan fingerprint density at radius 2 is 2.05 bits per heavy atom. The Balaban J connectivity index is 1.79. The lowest BCUT2D eigenvalue weighted by Crippen LogP contribution is -2.40. The predicted molar refractivity (Wildman–Crippen MR) is 80.5 cm³/mol. The number of amides is 1. The van der Waals surface area contributed by atoms with Crippen LogP contribution in [0.25, 0.3) is 0 Å². The zero-order valence-corrected chi connectivity index (χ0v) is 12.4. The van der Waals surface area contributed by atoms with Gasteiger partial charge in [0.2, 0.25) is 5.91 Å². The molecule has 1 saturated heterocycles. The molecule has 0 atom stereocenters. The third-order valence-corrected chi connectivity index (χ3v) is 4.70. The number of para-hydroxylation sites is 2. The number of carbonyl (C=O) groups is 1. The van der Waals surface area contributed by atoms with Crippen molar-refractivity contribution in [1.82, 2.24) is 5.32 Å². The molecule has 1 aromatic carbocycles. The van der Waals surface area contributed by atoms with Crippen molar-refractivity contribution in [2.24, 2.45) is 0 Å². The number of hydrogen-bond donors (Lipinski definition) is 2. The van der Waals surface area contributed by atoms with E-state index in [0.29, 0.717) is 11.4 Å². The molecule has 0 bridgehead atoms. The van der Waals surface area contributed by atoms with Crippen molar-refractivity contribution in [2.45, 2.75) is 18.9 Å². The van der Waals surface area contributed by atoms with E-state index in [2.05, 4.69) is 10.6 Å². The molecule has 6 heteroatoms. The molecular formula is C14H20N2O3S. The van der Waals surface area contributed by atoms with Crippen LogP contribution in [0.4, 0.5) is 5.69 Å². The van der Waals surface area contributed by atoms with Gasteiger partial charge in [-0.2, -0.15) is 0 Å². The number of nitrogens with one attached hydrogen (secondary N) is 2. The van der Waals surface area contributed by atoms with Gasteiger partial charge in [0.25, 0.3) is 0 Å². The van der Waals surface area contributed by atoms with Gasteiger partial charge in [-0.15, -0.1) is 0 Å². The maximum absolute atomic E-state index is 11.9. The number of ether oxygens (including phenoxy) is 1. The molecule has 1 aromatic rings. The van der Waals surface area contributed by atoms with Gasteiger partial charge in [0, 0.05) is 28.3 Å². The monoisotopic (exact) mass is 296 g/mol. The molecule has 20 heavy (non-hydrogen) atoms. The first-order valence-electron chi connectivity index (χ1n) is 6.70. The highest BCUT2D eigenvalue weighted by molar-refractivity contribution is 7.85. The maximum atomic E-state index is 11.9. The van der Waals surface area contributed by atoms with Crippen LogP contribution in [-0.4, -0.2) is 41.3 Å². The Kier molecular flexibility index (Phi) is 5.55. The number of anilines is 1. The third kappa shape index (κ3) is 4.31. The molecule has 2 rings (SSSR count). The zero-order valence-electron chi connectivity index (χ0n) is 11.6. The molecule has 1 aliphatic heterocycles. The molecule has 110 valence electrons. The molecule has 1 amide bonds. The summed E-state index contributed by atoms with van der Waals surface area (Å²) in [6.45, 7) is 0.259. The molecule has 0 aliphatic carbocycles. The Morgan fingerprint density at radius 1 is 1.35 bits per heavy atom. The van der Waals surface area contributed by atoms with Gasteiger partial charge in [0.05, 0.1) is 19.3 Å². The van der Waals surface area contributed by atoms with Crippen molar-refractivity contribution < 1.29 is 13.7 Å². The van der Waals surface area contributed by atoms with E-state index < -0.39 is 10.8 Å². The maximum Gasteiger partial charge on any atom is 0.238 e. The van der Waals surface area contributed by atoms with E-state index in [-0.39, 0.29) is 18.5 Å². The molecule has 1 aliphatic rings. The second-order valence-corrected chi connectivity index (χ2v) is 6.45. The fourth-order valence-electron chi connectivity index (χ4n) is 2.18. The molecule has 5 nitrogen and oxygen atoms in total. The fourth-order valence-corrected chi connectivity index (χ4v) is 3.48. The minimum absolute atomic E-state index is 0.0961. The Bertz CT molecular complexity index is 483. The summed E-state index contributed by atoms with van der Waals surface area (Å²) < 4.78 is 16.4. The van der Waals surface area contributed by atoms with E-state index in [1.807, 2.05) is 12.1 Å². The van der Waals surface area contributed by atoms with Crippen LogP contribution < -0.4 is 15.4 Å². The van der Waals surface area contributed by atoms with Gasteiger partial charge in [0.1, 0.15) is 5.75 Å². The molecule has 0 saturated carbocycles. The van der Waals surface area contributed by atoms with Crippen LogP contribution in [0.2, 0.25) is 0 Å². The van der Waals surface area contributed by atoms with Crippen molar-refractivity contribution in [3.8, 4) is 5.75 Å². The third-order valence-electron chi connectivity index (χ3n) is 3.32. The highest BCUT2D eigenvalue weighted by Crippen LogP contribution is 2.22. The summed E-state index contributed by atoms with van der Waals surface area (Å²) in [7, 11) is 0.907. The van der Waals surface area contributed by atoms with E-state index in [0.717, 1.165) is 24.3 Å². The quantitative estimate of drug-likeness (QED) is 0.855. The second kappa shape index (κ2) is 7.40. The molecule has 1 heterocycles. The lowest BCUT2D eigenvalue weighted by Gasteiger charge is -2.22. The highest BCUT2D eigenvalue weighted by atomic mass is 32.2. The largest absolute Gasteiger partial charge is 0.495 e. The normalized spacial score (nSPS) is 22.2. The fraction of sp³-hybridized carbons (Fsp3) is 0.500. The average molecular weight is 296 g/mol. The van der Waals surface area contributed by atoms with Gasteiger partial charge < -0.3 is 15.4 Å². The Hall–Kier alpha value is -1.40. The van der Waals surface area contributed by atoms with E-state index in [4.69, 9.17) is 4.74 Å². The van der Waals surface area contributed by atoms with Gasteiger partial charge >= 0.3 is 0 Å². The van der Waals surface area contributed by atoms with Gasteiger partial charge in [-0.25, -0.2) is 0 Å². The van der Waals surface area contributed by atoms with Gasteiger partial charge in [0.15, 0.2) is 0 Å². The number of benzene rings is 1. The summed E-state index contributed by atoms with van der Waals surface area (Å²) in [5.74, 6) is 2.01. The minimum atomic E-state index is -0.668. The number of rotatable bonds is 5. The molecule has 0 spiro atoms. The number of hydrogen-bond acceptors (Lipinski definition) is 4. The van der Waals surface area contributed by atoms with E-state index >= 15 is 0 Å². The molecule has 0 aromatic heterocycles. The number of methoxy groups -OCH3 is 1. The number of carbonyl (C=O) groups excluding carboxylic acids is 1. The highest BCUT2D eigenvalue weighted by Gasteiger charge is 2.18. The summed E-state index contributed by atoms with van der Waals surface area (Å²) in [5, 5.41) is 6.04. The van der Waals surface area contributed by atoms with Crippen LogP contribution in [0.1, 0.15) is 12.8 Å². The van der Waals surface area contributed by atoms with Gasteiger partial charge in [-0.05, 0) is 25.0 Å². The first kappa shape index (κ1) is 15.0. The standard InChI is InChI=1S/C14H20N2O3S/c1-19-13-5-3-2-4-12(13)16-14(17)10-15-11-6-8-20(18)9-7-11/h2-5,11,15H,6-10H2,1H3,(H,16,17). The van der Waals surface area contributed by atoms with Crippen LogP contribution >= 0.6 is 0 Å². The SMILES string of the molecule is COc1ccccc1NC(=O)CNC1CCS(=O)CC1. The average Bonchev–Trinajstić information content (AvgIpc) is 2.47. The molecule has 1 fully saturated rings. The van der Waals surface area contributed by atoms with Crippen molar-refractivity contribution in [3.05, 3.63) is 24.3 Å². The molecular weight excluding hydrogens is 276 g/mol. The lowest BCUT2D eigenvalue weighted by molar-refractivity contribution is -0.115. The van der Waals surface area contributed by atoms with E-state index in [1.165, 1.54) is 0 Å². The summed E-state index contributed by atoms with van der Waals surface area (Å²) >= 11 is 0. The van der Waals surface area contributed by atoms with Gasteiger partial charge in [-0.1, -0.05) is 12.1 Å². The summed E-state index contributed by atoms with van der Waals surface area (Å²) in [5.41, 5.74) is 0.673. The van der Waals surface area contributed by atoms with Crippen molar-refractivity contribution in [1.29, 1.82) is 0 Å². The Morgan fingerprint density at radius 3 is 2.75 bits per heavy atom. The molecule has 0 radical (unpaired) electrons. The summed E-state index contributed by atoms with van der Waals surface area (Å²) in [6, 6.07) is 7.60. The first-order chi connectivity index (χ1) is 9.69. The van der Waals surface area contributed by atoms with E-state index in [1.54, 1.807) is 19.2 Å². The van der Waals surface area contributed by atoms with Crippen LogP contribution in [0, 0.1) is 0 Å². The predicted octanol–water partition coefficient (Wildman–Crippen LogP) is 1.13. The smallest absolute Gasteiger partial charge is 0.238 e. The van der Waals surface area contributed by atoms with Crippen LogP contribution in [0.5, 0.6) is 5.75 Å². The Labute approximate surface area is 121 Å². The van der Waals surface area contributed by atoms with Gasteiger partial charge in [-0.3, -0.25) is 9.00 Å². The first-order valence-corrected chi connectivity index (χ1v) is 8.19.